The van der Waals surface area contributed by atoms with Gasteiger partial charge in [0.15, 0.2) is 0 Å². The predicted octanol–water partition coefficient (Wildman–Crippen LogP) is 3.95. The molecular weight excluding hydrogens is 743 g/mol. The van der Waals surface area contributed by atoms with Crippen LogP contribution in [0.3, 0.4) is 0 Å². The van der Waals surface area contributed by atoms with Gasteiger partial charge in [0.2, 0.25) is 11.8 Å². The van der Waals surface area contributed by atoms with Crippen LogP contribution >= 0.6 is 0 Å². The van der Waals surface area contributed by atoms with Gasteiger partial charge in [-0.15, -0.1) is 0 Å². The Morgan fingerprint density at radius 3 is 2.43 bits per heavy atom. The third-order valence-electron chi connectivity index (χ3n) is 10.6. The van der Waals surface area contributed by atoms with Gasteiger partial charge in [-0.1, -0.05) is 49.3 Å². The molecule has 0 radical (unpaired) electrons. The zero-order chi connectivity index (χ0) is 40.3. The number of fused-ring (bicyclic) bond motifs is 3. The first-order valence-corrected chi connectivity index (χ1v) is 20.6. The van der Waals surface area contributed by atoms with Crippen LogP contribution < -0.4 is 20.1 Å². The van der Waals surface area contributed by atoms with Crippen molar-refractivity contribution in [2.75, 3.05) is 20.2 Å². The number of sulfonamides is 1. The number of hydrogen-bond acceptors (Lipinski definition) is 10. The predicted molar refractivity (Wildman–Crippen MR) is 204 cm³/mol. The van der Waals surface area contributed by atoms with Crippen LogP contribution in [0.1, 0.15) is 76.8 Å². The lowest BCUT2D eigenvalue weighted by atomic mass is 10.0. The van der Waals surface area contributed by atoms with Crippen molar-refractivity contribution in [3.8, 4) is 5.75 Å². The third kappa shape index (κ3) is 9.45. The third-order valence-corrected chi connectivity index (χ3v) is 11.9. The second-order valence-corrected chi connectivity index (χ2v) is 17.5. The largest absolute Gasteiger partial charge is 0.497 e. The standard InChI is InChI=1S/C40H51N5O10S/c1-39(2,3)55-37(49)41-32-15-9-7-5-6-8-14-28-23-40(28,36(48)43-56(51,52)31-18-16-29(53-4)17-19-31)42-34(46)33-22-30(25-45(33)35(32)47)54-38(50)44-21-20-26-12-10-11-13-27(26)24-44/h8,10-14,16-19,28,30,32-33H,5-7,9,15,20-25H2,1-4H3,(H,41,49)(H,42,46)(H,43,48)/b14-8-/t28-,30-,32+,33+,40-/m1/s1. The van der Waals surface area contributed by atoms with E-state index in [1.54, 1.807) is 25.7 Å². The summed E-state index contributed by atoms with van der Waals surface area (Å²) < 4.78 is 45.4. The van der Waals surface area contributed by atoms with Crippen molar-refractivity contribution in [2.45, 2.75) is 113 Å². The summed E-state index contributed by atoms with van der Waals surface area (Å²) in [4.78, 5) is 71.9. The number of carbonyl (C=O) groups excluding carboxylic acids is 5. The molecule has 5 amide bonds. The van der Waals surface area contributed by atoms with Crippen molar-refractivity contribution >= 4 is 39.9 Å². The normalized spacial score (nSPS) is 26.1. The molecule has 1 saturated carbocycles. The lowest BCUT2D eigenvalue weighted by molar-refractivity contribution is -0.141. The Balaban J connectivity index is 1.26. The highest BCUT2D eigenvalue weighted by Crippen LogP contribution is 2.46. The molecule has 3 N–H and O–H groups in total. The molecule has 6 rings (SSSR count). The summed E-state index contributed by atoms with van der Waals surface area (Å²) in [6.45, 7) is 5.76. The molecular formula is C40H51N5O10S. The molecule has 1 aliphatic carbocycles. The van der Waals surface area contributed by atoms with Gasteiger partial charge in [-0.25, -0.2) is 22.7 Å². The van der Waals surface area contributed by atoms with Gasteiger partial charge in [-0.3, -0.25) is 14.4 Å². The maximum atomic E-state index is 14.4. The number of nitrogens with zero attached hydrogens (tertiary/aromatic N) is 2. The van der Waals surface area contributed by atoms with E-state index in [1.807, 2.05) is 36.4 Å². The Kier molecular flexibility index (Phi) is 12.0. The number of nitrogens with one attached hydrogen (secondary N) is 3. The minimum Gasteiger partial charge on any atom is -0.497 e. The van der Waals surface area contributed by atoms with E-state index in [1.165, 1.54) is 36.3 Å². The summed E-state index contributed by atoms with van der Waals surface area (Å²) in [5, 5.41) is 5.51. The number of alkyl carbamates (subject to hydrolysis) is 1. The summed E-state index contributed by atoms with van der Waals surface area (Å²) in [6.07, 6.45) is 5.10. The fourth-order valence-corrected chi connectivity index (χ4v) is 8.55. The molecule has 5 atom stereocenters. The van der Waals surface area contributed by atoms with Crippen molar-refractivity contribution in [1.82, 2.24) is 25.2 Å². The molecule has 2 fully saturated rings. The number of methoxy groups -OCH3 is 1. The fraction of sp³-hybridized carbons (Fsp3) is 0.525. The van der Waals surface area contributed by atoms with Crippen LogP contribution in [0.2, 0.25) is 0 Å². The van der Waals surface area contributed by atoms with Gasteiger partial charge in [0.1, 0.15) is 35.1 Å². The maximum absolute atomic E-state index is 14.4. The van der Waals surface area contributed by atoms with Crippen LogP contribution in [0, 0.1) is 5.92 Å². The van der Waals surface area contributed by atoms with E-state index in [4.69, 9.17) is 14.2 Å². The average Bonchev–Trinajstić information content (AvgIpc) is 3.69. The molecule has 0 spiro atoms. The zero-order valence-corrected chi connectivity index (χ0v) is 33.1. The first kappa shape index (κ1) is 40.5. The molecule has 2 aromatic rings. The average molecular weight is 794 g/mol. The lowest BCUT2D eigenvalue weighted by Crippen LogP contribution is -2.58. The molecule has 0 bridgehead atoms. The highest BCUT2D eigenvalue weighted by atomic mass is 32.2. The first-order valence-electron chi connectivity index (χ1n) is 19.1. The van der Waals surface area contributed by atoms with Gasteiger partial charge in [-0.05, 0) is 88.3 Å². The smallest absolute Gasteiger partial charge is 0.410 e. The Morgan fingerprint density at radius 2 is 1.71 bits per heavy atom. The van der Waals surface area contributed by atoms with Crippen molar-refractivity contribution in [2.24, 2.45) is 5.92 Å². The van der Waals surface area contributed by atoms with Gasteiger partial charge in [0.25, 0.3) is 15.9 Å². The van der Waals surface area contributed by atoms with E-state index in [-0.39, 0.29) is 30.7 Å². The van der Waals surface area contributed by atoms with E-state index >= 15 is 0 Å². The molecule has 4 aliphatic rings. The minimum atomic E-state index is -4.35. The van der Waals surface area contributed by atoms with E-state index in [9.17, 15) is 32.4 Å². The number of allylic oxidation sites excluding steroid dienone is 1. The fourth-order valence-electron chi connectivity index (χ4n) is 7.51. The van der Waals surface area contributed by atoms with Crippen LogP contribution in [0.4, 0.5) is 9.59 Å². The van der Waals surface area contributed by atoms with E-state index < -0.39 is 75.2 Å². The molecule has 0 aromatic heterocycles. The molecule has 302 valence electrons. The van der Waals surface area contributed by atoms with E-state index in [2.05, 4.69) is 15.4 Å². The van der Waals surface area contributed by atoms with Crippen molar-refractivity contribution < 1.29 is 46.6 Å². The Bertz CT molecular complexity index is 1960. The molecule has 0 unspecified atom stereocenters. The monoisotopic (exact) mass is 793 g/mol. The second kappa shape index (κ2) is 16.5. The summed E-state index contributed by atoms with van der Waals surface area (Å²) in [7, 11) is -2.90. The highest BCUT2D eigenvalue weighted by Gasteiger charge is 2.61. The molecule has 3 aliphatic heterocycles. The lowest BCUT2D eigenvalue weighted by Gasteiger charge is -2.30. The Labute approximate surface area is 327 Å². The van der Waals surface area contributed by atoms with Crippen LogP contribution in [0.5, 0.6) is 5.75 Å². The number of rotatable bonds is 6. The van der Waals surface area contributed by atoms with Crippen LogP contribution in [0.25, 0.3) is 0 Å². The topological polar surface area (TPSA) is 190 Å². The Morgan fingerprint density at radius 1 is 0.982 bits per heavy atom. The molecule has 1 saturated heterocycles. The number of carbonyl (C=O) groups is 5. The van der Waals surface area contributed by atoms with Crippen molar-refractivity contribution in [3.63, 3.8) is 0 Å². The molecule has 56 heavy (non-hydrogen) atoms. The van der Waals surface area contributed by atoms with E-state index in [0.717, 1.165) is 24.0 Å². The minimum absolute atomic E-state index is 0.0880. The van der Waals surface area contributed by atoms with Crippen LogP contribution in [0.15, 0.2) is 65.6 Å². The van der Waals surface area contributed by atoms with Crippen molar-refractivity contribution in [3.05, 3.63) is 71.8 Å². The SMILES string of the molecule is COc1ccc(S(=O)(=O)NC(=O)[C@@]23C[C@H]2/C=C\CCCCC[C@H](NC(=O)OC(C)(C)C)C(=O)N2C[C@H](OC(=O)N4CCc5ccccc5C4)C[C@H]2C(=O)N3)cc1. The molecule has 3 heterocycles. The van der Waals surface area contributed by atoms with Crippen LogP contribution in [-0.2, 0) is 46.8 Å². The highest BCUT2D eigenvalue weighted by molar-refractivity contribution is 7.90. The summed E-state index contributed by atoms with van der Waals surface area (Å²) >= 11 is 0. The molecule has 16 heteroatoms. The molecule has 15 nitrogen and oxygen atoms in total. The van der Waals surface area contributed by atoms with Gasteiger partial charge in [0, 0.05) is 25.4 Å². The zero-order valence-electron chi connectivity index (χ0n) is 32.2. The van der Waals surface area contributed by atoms with Gasteiger partial charge in [0.05, 0.1) is 18.6 Å². The molecule has 2 aromatic carbocycles. The first-order chi connectivity index (χ1) is 26.6. The maximum Gasteiger partial charge on any atom is 0.410 e. The number of ether oxygens (including phenoxy) is 3. The quantitative estimate of drug-likeness (QED) is 0.361. The number of hydrogen-bond donors (Lipinski definition) is 3. The second-order valence-electron chi connectivity index (χ2n) is 15.8. The van der Waals surface area contributed by atoms with Crippen molar-refractivity contribution in [1.29, 1.82) is 0 Å². The van der Waals surface area contributed by atoms with Crippen LogP contribution in [-0.4, -0.2) is 97.7 Å². The number of amides is 5. The van der Waals surface area contributed by atoms with E-state index in [0.29, 0.717) is 38.1 Å². The summed E-state index contributed by atoms with van der Waals surface area (Å²) in [6, 6.07) is 11.1. The van der Waals surface area contributed by atoms with Gasteiger partial charge in [-0.2, -0.15) is 0 Å². The van der Waals surface area contributed by atoms with Gasteiger partial charge >= 0.3 is 12.2 Å². The van der Waals surface area contributed by atoms with Gasteiger partial charge < -0.3 is 34.6 Å². The number of benzene rings is 2. The Hall–Kier alpha value is -5.12. The summed E-state index contributed by atoms with van der Waals surface area (Å²) in [5.41, 5.74) is -0.310. The summed E-state index contributed by atoms with van der Waals surface area (Å²) in [5.74, 6) is -2.30.